The van der Waals surface area contributed by atoms with Crippen LogP contribution in [0.2, 0.25) is 0 Å². The lowest BCUT2D eigenvalue weighted by Crippen LogP contribution is -2.23. The van der Waals surface area contributed by atoms with Crippen molar-refractivity contribution in [2.75, 3.05) is 13.2 Å². The SMILES string of the molecule is Cc1ncccc1OCCCCC(C)(C)CN. The minimum absolute atomic E-state index is 0.254. The normalized spacial score (nSPS) is 11.5. The molecule has 0 bridgehead atoms. The quantitative estimate of drug-likeness (QED) is 0.740. The van der Waals surface area contributed by atoms with Crippen LogP contribution in [0.3, 0.4) is 0 Å². The molecule has 0 fully saturated rings. The molecule has 0 aliphatic carbocycles. The fraction of sp³-hybridized carbons (Fsp3) is 0.643. The summed E-state index contributed by atoms with van der Waals surface area (Å²) in [5.74, 6) is 0.894. The van der Waals surface area contributed by atoms with E-state index in [-0.39, 0.29) is 5.41 Å². The highest BCUT2D eigenvalue weighted by molar-refractivity contribution is 5.25. The summed E-state index contributed by atoms with van der Waals surface area (Å²) < 4.78 is 5.69. The number of hydrogen-bond acceptors (Lipinski definition) is 3. The van der Waals surface area contributed by atoms with E-state index in [1.165, 1.54) is 0 Å². The van der Waals surface area contributed by atoms with E-state index in [1.54, 1.807) is 6.20 Å². The van der Waals surface area contributed by atoms with Gasteiger partial charge in [0.15, 0.2) is 0 Å². The number of aromatic nitrogens is 1. The van der Waals surface area contributed by atoms with Gasteiger partial charge in [-0.05, 0) is 50.3 Å². The van der Waals surface area contributed by atoms with Crippen molar-refractivity contribution >= 4 is 0 Å². The molecule has 0 unspecified atom stereocenters. The van der Waals surface area contributed by atoms with Crippen LogP contribution in [0.25, 0.3) is 0 Å². The number of ether oxygens (including phenoxy) is 1. The summed E-state index contributed by atoms with van der Waals surface area (Å²) in [5.41, 5.74) is 6.90. The second-order valence-corrected chi connectivity index (χ2v) is 5.26. The first-order chi connectivity index (χ1) is 8.05. The number of nitrogens with two attached hydrogens (primary N) is 1. The molecule has 3 heteroatoms. The first-order valence-corrected chi connectivity index (χ1v) is 6.30. The topological polar surface area (TPSA) is 48.1 Å². The molecule has 0 saturated carbocycles. The van der Waals surface area contributed by atoms with Crippen molar-refractivity contribution in [2.24, 2.45) is 11.1 Å². The average molecular weight is 236 g/mol. The van der Waals surface area contributed by atoms with Crippen LogP contribution in [0.4, 0.5) is 0 Å². The van der Waals surface area contributed by atoms with Gasteiger partial charge < -0.3 is 10.5 Å². The van der Waals surface area contributed by atoms with Crippen molar-refractivity contribution in [3.63, 3.8) is 0 Å². The average Bonchev–Trinajstić information content (AvgIpc) is 2.31. The Balaban J connectivity index is 2.19. The van der Waals surface area contributed by atoms with Gasteiger partial charge in [0.25, 0.3) is 0 Å². The van der Waals surface area contributed by atoms with Crippen molar-refractivity contribution in [3.05, 3.63) is 24.0 Å². The number of pyridine rings is 1. The molecule has 17 heavy (non-hydrogen) atoms. The van der Waals surface area contributed by atoms with Gasteiger partial charge in [-0.15, -0.1) is 0 Å². The van der Waals surface area contributed by atoms with Gasteiger partial charge in [0.1, 0.15) is 5.75 Å². The summed E-state index contributed by atoms with van der Waals surface area (Å²) in [5, 5.41) is 0. The first-order valence-electron chi connectivity index (χ1n) is 6.30. The Morgan fingerprint density at radius 2 is 2.12 bits per heavy atom. The van der Waals surface area contributed by atoms with E-state index < -0.39 is 0 Å². The maximum absolute atomic E-state index is 5.69. The maximum Gasteiger partial charge on any atom is 0.140 e. The third kappa shape index (κ3) is 5.18. The molecule has 1 aromatic rings. The molecule has 0 aliphatic rings. The predicted octanol–water partition coefficient (Wildman–Crippen LogP) is 2.92. The van der Waals surface area contributed by atoms with Crippen LogP contribution in [0.5, 0.6) is 5.75 Å². The molecule has 3 nitrogen and oxygen atoms in total. The highest BCUT2D eigenvalue weighted by Gasteiger charge is 2.14. The number of aryl methyl sites for hydroxylation is 1. The van der Waals surface area contributed by atoms with Gasteiger partial charge in [-0.3, -0.25) is 4.98 Å². The minimum Gasteiger partial charge on any atom is -0.492 e. The lowest BCUT2D eigenvalue weighted by Gasteiger charge is -2.21. The Morgan fingerprint density at radius 3 is 2.76 bits per heavy atom. The van der Waals surface area contributed by atoms with Gasteiger partial charge in [-0.2, -0.15) is 0 Å². The highest BCUT2D eigenvalue weighted by atomic mass is 16.5. The van der Waals surface area contributed by atoms with Crippen molar-refractivity contribution in [3.8, 4) is 5.75 Å². The molecule has 0 radical (unpaired) electrons. The molecule has 0 aliphatic heterocycles. The predicted molar refractivity (Wildman–Crippen MR) is 71.2 cm³/mol. The van der Waals surface area contributed by atoms with Gasteiger partial charge in [-0.1, -0.05) is 13.8 Å². The number of nitrogens with zero attached hydrogens (tertiary/aromatic N) is 1. The molecule has 2 N–H and O–H groups in total. The monoisotopic (exact) mass is 236 g/mol. The first kappa shape index (κ1) is 14.0. The molecule has 1 heterocycles. The van der Waals surface area contributed by atoms with Gasteiger partial charge in [0.2, 0.25) is 0 Å². The van der Waals surface area contributed by atoms with Crippen molar-refractivity contribution in [2.45, 2.75) is 40.0 Å². The zero-order valence-corrected chi connectivity index (χ0v) is 11.2. The smallest absolute Gasteiger partial charge is 0.140 e. The zero-order valence-electron chi connectivity index (χ0n) is 11.2. The van der Waals surface area contributed by atoms with Crippen molar-refractivity contribution < 1.29 is 4.74 Å². The highest BCUT2D eigenvalue weighted by Crippen LogP contribution is 2.21. The fourth-order valence-electron chi connectivity index (χ4n) is 1.61. The van der Waals surface area contributed by atoms with Crippen molar-refractivity contribution in [1.29, 1.82) is 0 Å². The lowest BCUT2D eigenvalue weighted by molar-refractivity contribution is 0.277. The number of hydrogen-bond donors (Lipinski definition) is 1. The van der Waals surface area contributed by atoms with E-state index in [2.05, 4.69) is 18.8 Å². The molecule has 0 amide bonds. The van der Waals surface area contributed by atoms with Crippen LogP contribution in [-0.2, 0) is 0 Å². The summed E-state index contributed by atoms with van der Waals surface area (Å²) >= 11 is 0. The Kier molecular flexibility index (Phi) is 5.42. The van der Waals surface area contributed by atoms with E-state index in [4.69, 9.17) is 10.5 Å². The molecule has 0 saturated heterocycles. The largest absolute Gasteiger partial charge is 0.492 e. The molecule has 0 spiro atoms. The lowest BCUT2D eigenvalue weighted by atomic mass is 9.87. The Morgan fingerprint density at radius 1 is 1.35 bits per heavy atom. The summed E-state index contributed by atoms with van der Waals surface area (Å²) in [6, 6.07) is 3.87. The summed E-state index contributed by atoms with van der Waals surface area (Å²) in [6.07, 6.45) is 5.16. The molecule has 0 atom stereocenters. The van der Waals surface area contributed by atoms with Crippen LogP contribution in [0.1, 0.15) is 38.8 Å². The molecular weight excluding hydrogens is 212 g/mol. The van der Waals surface area contributed by atoms with Gasteiger partial charge in [-0.25, -0.2) is 0 Å². The van der Waals surface area contributed by atoms with Crippen molar-refractivity contribution in [1.82, 2.24) is 4.98 Å². The molecular formula is C14H24N2O. The van der Waals surface area contributed by atoms with Gasteiger partial charge >= 0.3 is 0 Å². The van der Waals surface area contributed by atoms with Crippen LogP contribution in [-0.4, -0.2) is 18.1 Å². The van der Waals surface area contributed by atoms with Crippen LogP contribution < -0.4 is 10.5 Å². The summed E-state index contributed by atoms with van der Waals surface area (Å²) in [7, 11) is 0. The van der Waals surface area contributed by atoms with Gasteiger partial charge in [0, 0.05) is 6.20 Å². The van der Waals surface area contributed by atoms with E-state index in [0.29, 0.717) is 0 Å². The third-order valence-electron chi connectivity index (χ3n) is 3.02. The zero-order chi connectivity index (χ0) is 12.7. The maximum atomic E-state index is 5.69. The third-order valence-corrected chi connectivity index (χ3v) is 3.02. The minimum atomic E-state index is 0.254. The standard InChI is InChI=1S/C14H24N2O/c1-12-13(7-6-9-16-12)17-10-5-4-8-14(2,3)11-15/h6-7,9H,4-5,8,10-11,15H2,1-3H3. The van der Waals surface area contributed by atoms with Crippen LogP contribution >= 0.6 is 0 Å². The summed E-state index contributed by atoms with van der Waals surface area (Å²) in [6.45, 7) is 7.88. The Hall–Kier alpha value is -1.09. The van der Waals surface area contributed by atoms with E-state index in [9.17, 15) is 0 Å². The second-order valence-electron chi connectivity index (χ2n) is 5.26. The van der Waals surface area contributed by atoms with E-state index in [1.807, 2.05) is 19.1 Å². The van der Waals surface area contributed by atoms with Crippen LogP contribution in [0.15, 0.2) is 18.3 Å². The molecule has 1 rings (SSSR count). The molecule has 1 aromatic heterocycles. The molecule has 96 valence electrons. The Labute approximate surface area is 104 Å². The van der Waals surface area contributed by atoms with Gasteiger partial charge in [0.05, 0.1) is 12.3 Å². The van der Waals surface area contributed by atoms with E-state index in [0.717, 1.165) is 43.9 Å². The van der Waals surface area contributed by atoms with Crippen LogP contribution in [0, 0.1) is 12.3 Å². The fourth-order valence-corrected chi connectivity index (χ4v) is 1.61. The Bertz CT molecular complexity index is 337. The number of unbranched alkanes of at least 4 members (excludes halogenated alkanes) is 1. The number of rotatable bonds is 7. The summed E-state index contributed by atoms with van der Waals surface area (Å²) in [4.78, 5) is 4.19. The second kappa shape index (κ2) is 6.60. The van der Waals surface area contributed by atoms with E-state index >= 15 is 0 Å². The molecule has 0 aromatic carbocycles.